The molecule has 0 spiro atoms. The van der Waals surface area contributed by atoms with Gasteiger partial charge in [0.1, 0.15) is 0 Å². The Balaban J connectivity index is 1.56. The first-order chi connectivity index (χ1) is 14.2. The fourth-order valence-electron chi connectivity index (χ4n) is 3.68. The minimum atomic E-state index is 0.00107. The molecular formula is C24H22N2O2S. The van der Waals surface area contributed by atoms with Crippen LogP contribution in [0.15, 0.2) is 82.5 Å². The number of carbonyl (C=O) groups excluding carboxylic acids is 1. The van der Waals surface area contributed by atoms with Crippen LogP contribution < -0.4 is 10.7 Å². The number of fused-ring (bicyclic) bond motifs is 2. The molecule has 146 valence electrons. The second-order valence-electron chi connectivity index (χ2n) is 6.87. The Morgan fingerprint density at radius 1 is 0.897 bits per heavy atom. The van der Waals surface area contributed by atoms with Crippen LogP contribution >= 0.6 is 11.8 Å². The number of nitrogens with zero attached hydrogens (tertiary/aromatic N) is 1. The number of nitrogens with one attached hydrogen (secondary N) is 1. The maximum atomic E-state index is 12.8. The summed E-state index contributed by atoms with van der Waals surface area (Å²) in [4.78, 5) is 26.3. The lowest BCUT2D eigenvalue weighted by molar-refractivity contribution is -0.116. The van der Waals surface area contributed by atoms with Gasteiger partial charge in [-0.2, -0.15) is 0 Å². The lowest BCUT2D eigenvalue weighted by atomic mass is 10.1. The number of benzene rings is 3. The topological polar surface area (TPSA) is 51.1 Å². The van der Waals surface area contributed by atoms with Crippen LogP contribution in [0.4, 0.5) is 5.69 Å². The second kappa shape index (κ2) is 8.53. The number of anilines is 1. The molecule has 4 nitrogen and oxygen atoms in total. The Labute approximate surface area is 173 Å². The van der Waals surface area contributed by atoms with E-state index in [0.29, 0.717) is 30.2 Å². The summed E-state index contributed by atoms with van der Waals surface area (Å²) in [7, 11) is 0. The summed E-state index contributed by atoms with van der Waals surface area (Å²) in [6, 6.07) is 23.2. The van der Waals surface area contributed by atoms with E-state index in [1.54, 1.807) is 11.8 Å². The molecule has 0 aliphatic rings. The van der Waals surface area contributed by atoms with Gasteiger partial charge < -0.3 is 9.88 Å². The van der Waals surface area contributed by atoms with E-state index < -0.39 is 0 Å². The van der Waals surface area contributed by atoms with Gasteiger partial charge in [0, 0.05) is 28.6 Å². The van der Waals surface area contributed by atoms with Gasteiger partial charge >= 0.3 is 0 Å². The summed E-state index contributed by atoms with van der Waals surface area (Å²) >= 11 is 1.61. The predicted molar refractivity (Wildman–Crippen MR) is 122 cm³/mol. The molecule has 1 N–H and O–H groups in total. The predicted octanol–water partition coefficient (Wildman–Crippen LogP) is 5.30. The SMILES string of the molecule is CSc1ccccc1NC(=O)CCCn1c2ccccc2c(=O)c2ccccc21. The zero-order valence-corrected chi connectivity index (χ0v) is 17.0. The second-order valence-corrected chi connectivity index (χ2v) is 7.72. The Bertz CT molecular complexity index is 1190. The number of aromatic nitrogens is 1. The van der Waals surface area contributed by atoms with Crippen molar-refractivity contribution < 1.29 is 4.79 Å². The molecule has 5 heteroatoms. The maximum absolute atomic E-state index is 12.8. The first-order valence-corrected chi connectivity index (χ1v) is 10.8. The van der Waals surface area contributed by atoms with Crippen molar-refractivity contribution >= 4 is 45.2 Å². The van der Waals surface area contributed by atoms with E-state index in [9.17, 15) is 9.59 Å². The lowest BCUT2D eigenvalue weighted by Gasteiger charge is -2.15. The zero-order chi connectivity index (χ0) is 20.2. The molecule has 0 unspecified atom stereocenters. The number of aryl methyl sites for hydroxylation is 1. The molecular weight excluding hydrogens is 380 g/mol. The van der Waals surface area contributed by atoms with Gasteiger partial charge in [0.05, 0.1) is 16.7 Å². The third-order valence-corrected chi connectivity index (χ3v) is 5.84. The van der Waals surface area contributed by atoms with Crippen molar-refractivity contribution in [3.63, 3.8) is 0 Å². The fraction of sp³-hybridized carbons (Fsp3) is 0.167. The molecule has 0 fully saturated rings. The van der Waals surface area contributed by atoms with E-state index in [2.05, 4.69) is 9.88 Å². The largest absolute Gasteiger partial charge is 0.340 e. The number of rotatable bonds is 6. The minimum Gasteiger partial charge on any atom is -0.340 e. The highest BCUT2D eigenvalue weighted by molar-refractivity contribution is 7.98. The van der Waals surface area contributed by atoms with Crippen molar-refractivity contribution in [2.75, 3.05) is 11.6 Å². The van der Waals surface area contributed by atoms with Crippen molar-refractivity contribution in [3.05, 3.63) is 83.0 Å². The number of hydrogen-bond donors (Lipinski definition) is 1. The summed E-state index contributed by atoms with van der Waals surface area (Å²) in [6.07, 6.45) is 3.10. The lowest BCUT2D eigenvalue weighted by Crippen LogP contribution is -2.15. The molecule has 0 bridgehead atoms. The van der Waals surface area contributed by atoms with Gasteiger partial charge in [0.25, 0.3) is 0 Å². The number of pyridine rings is 1. The van der Waals surface area contributed by atoms with Crippen molar-refractivity contribution in [1.82, 2.24) is 4.57 Å². The minimum absolute atomic E-state index is 0.00107. The Kier molecular flexibility index (Phi) is 5.67. The van der Waals surface area contributed by atoms with E-state index in [1.165, 1.54) is 0 Å². The molecule has 0 radical (unpaired) electrons. The molecule has 1 heterocycles. The molecule has 3 aromatic carbocycles. The van der Waals surface area contributed by atoms with E-state index >= 15 is 0 Å². The molecule has 1 amide bonds. The number of thioether (sulfide) groups is 1. The highest BCUT2D eigenvalue weighted by atomic mass is 32.2. The summed E-state index contributed by atoms with van der Waals surface area (Å²) in [5.74, 6) is 0.00107. The Hall–Kier alpha value is -3.05. The quantitative estimate of drug-likeness (QED) is 0.352. The van der Waals surface area contributed by atoms with Gasteiger partial charge in [-0.25, -0.2) is 0 Å². The molecule has 0 atom stereocenters. The van der Waals surface area contributed by atoms with Crippen molar-refractivity contribution in [3.8, 4) is 0 Å². The molecule has 0 saturated carbocycles. The number of para-hydroxylation sites is 3. The van der Waals surface area contributed by atoms with Crippen molar-refractivity contribution in [2.24, 2.45) is 0 Å². The maximum Gasteiger partial charge on any atom is 0.224 e. The number of hydrogen-bond acceptors (Lipinski definition) is 3. The Morgan fingerprint density at radius 2 is 1.48 bits per heavy atom. The van der Waals surface area contributed by atoms with E-state index in [-0.39, 0.29) is 11.3 Å². The molecule has 4 rings (SSSR count). The highest BCUT2D eigenvalue weighted by Gasteiger charge is 2.11. The number of carbonyl (C=O) groups is 1. The molecule has 0 aliphatic carbocycles. The van der Waals surface area contributed by atoms with Crippen LogP contribution in [0.5, 0.6) is 0 Å². The van der Waals surface area contributed by atoms with E-state index in [0.717, 1.165) is 21.6 Å². The van der Waals surface area contributed by atoms with Gasteiger partial charge in [-0.05, 0) is 49.1 Å². The third-order valence-electron chi connectivity index (χ3n) is 5.05. The number of amides is 1. The molecule has 1 aromatic heterocycles. The first kappa shape index (κ1) is 19.3. The summed E-state index contributed by atoms with van der Waals surface area (Å²) in [5.41, 5.74) is 2.72. The standard InChI is InChI=1S/C24H22N2O2S/c1-29-22-14-7-4-11-19(22)25-23(27)15-8-16-26-20-12-5-2-9-17(20)24(28)18-10-3-6-13-21(18)26/h2-7,9-14H,8,15-16H2,1H3,(H,25,27). The van der Waals surface area contributed by atoms with Crippen molar-refractivity contribution in [2.45, 2.75) is 24.3 Å². The van der Waals surface area contributed by atoms with Gasteiger partial charge in [0.2, 0.25) is 5.91 Å². The molecule has 4 aromatic rings. The smallest absolute Gasteiger partial charge is 0.224 e. The van der Waals surface area contributed by atoms with Gasteiger partial charge in [-0.1, -0.05) is 36.4 Å². The fourth-order valence-corrected chi connectivity index (χ4v) is 4.23. The van der Waals surface area contributed by atoms with Crippen LogP contribution in [0.3, 0.4) is 0 Å². The molecule has 0 saturated heterocycles. The molecule has 0 aliphatic heterocycles. The van der Waals surface area contributed by atoms with Crippen molar-refractivity contribution in [1.29, 1.82) is 0 Å². The van der Waals surface area contributed by atoms with E-state index in [1.807, 2.05) is 79.1 Å². The summed E-state index contributed by atoms with van der Waals surface area (Å²) in [6.45, 7) is 0.666. The van der Waals surface area contributed by atoms with Crippen LogP contribution in [0.1, 0.15) is 12.8 Å². The van der Waals surface area contributed by atoms with Crippen LogP contribution in [0, 0.1) is 0 Å². The van der Waals surface area contributed by atoms with E-state index in [4.69, 9.17) is 0 Å². The average molecular weight is 403 g/mol. The van der Waals surface area contributed by atoms with Crippen LogP contribution in [-0.2, 0) is 11.3 Å². The normalized spacial score (nSPS) is 11.1. The van der Waals surface area contributed by atoms with Crippen LogP contribution in [-0.4, -0.2) is 16.7 Å². The van der Waals surface area contributed by atoms with Crippen LogP contribution in [0.2, 0.25) is 0 Å². The average Bonchev–Trinajstić information content (AvgIpc) is 2.76. The van der Waals surface area contributed by atoms with Crippen LogP contribution in [0.25, 0.3) is 21.8 Å². The van der Waals surface area contributed by atoms with Gasteiger partial charge in [-0.3, -0.25) is 9.59 Å². The first-order valence-electron chi connectivity index (χ1n) is 9.62. The van der Waals surface area contributed by atoms with Gasteiger partial charge in [-0.15, -0.1) is 11.8 Å². The molecule has 29 heavy (non-hydrogen) atoms. The Morgan fingerprint density at radius 3 is 2.14 bits per heavy atom. The highest BCUT2D eigenvalue weighted by Crippen LogP contribution is 2.25. The zero-order valence-electron chi connectivity index (χ0n) is 16.2. The summed E-state index contributed by atoms with van der Waals surface area (Å²) < 4.78 is 2.15. The van der Waals surface area contributed by atoms with Gasteiger partial charge in [0.15, 0.2) is 5.43 Å². The third kappa shape index (κ3) is 3.91. The monoisotopic (exact) mass is 402 g/mol. The summed E-state index contributed by atoms with van der Waals surface area (Å²) in [5, 5.41) is 4.44.